The predicted octanol–water partition coefficient (Wildman–Crippen LogP) is 4.51. The molecule has 0 N–H and O–H groups in total. The minimum Gasteiger partial charge on any atom is -0.381 e. The van der Waals surface area contributed by atoms with Crippen LogP contribution in [0, 0.1) is 0 Å². The Morgan fingerprint density at radius 2 is 0.955 bits per heavy atom. The standard InChI is InChI=1S/C20H26O2/c1-3-21-15-13-17-5-9-19(10-6-17)20-11-7-18(8-12-20)14-16-22-4-2/h5-12H,3-4,13-16H2,1-2H3. The average Bonchev–Trinajstić information content (AvgIpc) is 2.57. The second-order valence-corrected chi connectivity index (χ2v) is 5.29. The molecule has 0 radical (unpaired) electrons. The Labute approximate surface area is 134 Å². The summed E-state index contributed by atoms with van der Waals surface area (Å²) in [4.78, 5) is 0. The average molecular weight is 298 g/mol. The SMILES string of the molecule is CCOCCc1ccc(-c2ccc(CCOCC)cc2)cc1. The quantitative estimate of drug-likeness (QED) is 0.634. The van der Waals surface area contributed by atoms with E-state index in [1.807, 2.05) is 13.8 Å². The molecule has 0 fully saturated rings. The van der Waals surface area contributed by atoms with Crippen LogP contribution in [-0.2, 0) is 22.3 Å². The van der Waals surface area contributed by atoms with Gasteiger partial charge in [-0.25, -0.2) is 0 Å². The van der Waals surface area contributed by atoms with Crippen LogP contribution in [0.5, 0.6) is 0 Å². The molecule has 0 heterocycles. The highest BCUT2D eigenvalue weighted by molar-refractivity contribution is 5.63. The Morgan fingerprint density at radius 3 is 1.27 bits per heavy atom. The second kappa shape index (κ2) is 9.39. The maximum absolute atomic E-state index is 5.40. The van der Waals surface area contributed by atoms with E-state index in [1.165, 1.54) is 22.3 Å². The fourth-order valence-electron chi connectivity index (χ4n) is 2.40. The molecule has 0 saturated carbocycles. The zero-order chi connectivity index (χ0) is 15.6. The van der Waals surface area contributed by atoms with Crippen LogP contribution < -0.4 is 0 Å². The van der Waals surface area contributed by atoms with Crippen LogP contribution in [0.2, 0.25) is 0 Å². The van der Waals surface area contributed by atoms with Crippen molar-refractivity contribution in [3.8, 4) is 11.1 Å². The minimum atomic E-state index is 0.785. The van der Waals surface area contributed by atoms with Crippen molar-refractivity contribution in [3.63, 3.8) is 0 Å². The van der Waals surface area contributed by atoms with Crippen molar-refractivity contribution in [2.24, 2.45) is 0 Å². The van der Waals surface area contributed by atoms with Crippen LogP contribution in [0.15, 0.2) is 48.5 Å². The summed E-state index contributed by atoms with van der Waals surface area (Å²) in [5.74, 6) is 0. The normalized spacial score (nSPS) is 10.8. The summed E-state index contributed by atoms with van der Waals surface area (Å²) in [6, 6.07) is 17.5. The molecular weight excluding hydrogens is 272 g/mol. The zero-order valence-electron chi connectivity index (χ0n) is 13.7. The lowest BCUT2D eigenvalue weighted by atomic mass is 10.0. The van der Waals surface area contributed by atoms with Crippen LogP contribution in [0.3, 0.4) is 0 Å². The highest BCUT2D eigenvalue weighted by Gasteiger charge is 2.00. The van der Waals surface area contributed by atoms with E-state index < -0.39 is 0 Å². The van der Waals surface area contributed by atoms with Crippen LogP contribution in [0.25, 0.3) is 11.1 Å². The van der Waals surface area contributed by atoms with Crippen molar-refractivity contribution in [2.75, 3.05) is 26.4 Å². The molecule has 0 bridgehead atoms. The van der Waals surface area contributed by atoms with E-state index >= 15 is 0 Å². The van der Waals surface area contributed by atoms with Crippen molar-refractivity contribution >= 4 is 0 Å². The summed E-state index contributed by atoms with van der Waals surface area (Å²) in [6.07, 6.45) is 1.95. The molecule has 0 saturated heterocycles. The van der Waals surface area contributed by atoms with Gasteiger partial charge in [0.2, 0.25) is 0 Å². The first-order chi connectivity index (χ1) is 10.8. The lowest BCUT2D eigenvalue weighted by Crippen LogP contribution is -1.98. The molecule has 0 aliphatic rings. The molecule has 2 rings (SSSR count). The summed E-state index contributed by atoms with van der Waals surface area (Å²) >= 11 is 0. The maximum Gasteiger partial charge on any atom is 0.0506 e. The van der Waals surface area contributed by atoms with Gasteiger partial charge < -0.3 is 9.47 Å². The summed E-state index contributed by atoms with van der Waals surface area (Å²) < 4.78 is 10.8. The van der Waals surface area contributed by atoms with Gasteiger partial charge >= 0.3 is 0 Å². The van der Waals surface area contributed by atoms with E-state index in [-0.39, 0.29) is 0 Å². The van der Waals surface area contributed by atoms with Crippen molar-refractivity contribution in [1.29, 1.82) is 0 Å². The fraction of sp³-hybridized carbons (Fsp3) is 0.400. The van der Waals surface area contributed by atoms with Crippen LogP contribution >= 0.6 is 0 Å². The van der Waals surface area contributed by atoms with Gasteiger partial charge in [-0.1, -0.05) is 48.5 Å². The van der Waals surface area contributed by atoms with Gasteiger partial charge in [-0.3, -0.25) is 0 Å². The monoisotopic (exact) mass is 298 g/mol. The first kappa shape index (κ1) is 16.7. The topological polar surface area (TPSA) is 18.5 Å². The number of hydrogen-bond donors (Lipinski definition) is 0. The van der Waals surface area contributed by atoms with E-state index in [9.17, 15) is 0 Å². The molecule has 0 amide bonds. The number of ether oxygens (including phenoxy) is 2. The summed E-state index contributed by atoms with van der Waals surface area (Å²) in [6.45, 7) is 7.22. The summed E-state index contributed by atoms with van der Waals surface area (Å²) in [5.41, 5.74) is 5.17. The van der Waals surface area contributed by atoms with Crippen LogP contribution in [0.4, 0.5) is 0 Å². The molecule has 2 aromatic carbocycles. The Morgan fingerprint density at radius 1 is 0.591 bits per heavy atom. The Bertz CT molecular complexity index is 477. The van der Waals surface area contributed by atoms with Crippen molar-refractivity contribution in [1.82, 2.24) is 0 Å². The molecule has 0 unspecified atom stereocenters. The third-order valence-electron chi connectivity index (χ3n) is 3.72. The molecule has 118 valence electrons. The van der Waals surface area contributed by atoms with Crippen LogP contribution in [-0.4, -0.2) is 26.4 Å². The van der Waals surface area contributed by atoms with Gasteiger partial charge in [-0.2, -0.15) is 0 Å². The molecular formula is C20H26O2. The lowest BCUT2D eigenvalue weighted by Gasteiger charge is -2.07. The van der Waals surface area contributed by atoms with E-state index in [2.05, 4.69) is 48.5 Å². The Balaban J connectivity index is 1.93. The number of benzene rings is 2. The van der Waals surface area contributed by atoms with Crippen molar-refractivity contribution in [2.45, 2.75) is 26.7 Å². The van der Waals surface area contributed by atoms with Gasteiger partial charge in [-0.05, 0) is 48.9 Å². The van der Waals surface area contributed by atoms with Gasteiger partial charge in [-0.15, -0.1) is 0 Å². The first-order valence-electron chi connectivity index (χ1n) is 8.17. The third-order valence-corrected chi connectivity index (χ3v) is 3.72. The van der Waals surface area contributed by atoms with E-state index in [0.717, 1.165) is 39.3 Å². The molecule has 22 heavy (non-hydrogen) atoms. The highest BCUT2D eigenvalue weighted by Crippen LogP contribution is 2.20. The number of rotatable bonds is 9. The lowest BCUT2D eigenvalue weighted by molar-refractivity contribution is 0.151. The van der Waals surface area contributed by atoms with Crippen molar-refractivity contribution < 1.29 is 9.47 Å². The van der Waals surface area contributed by atoms with Gasteiger partial charge in [0.1, 0.15) is 0 Å². The molecule has 2 nitrogen and oxygen atoms in total. The van der Waals surface area contributed by atoms with E-state index in [0.29, 0.717) is 0 Å². The highest BCUT2D eigenvalue weighted by atomic mass is 16.5. The van der Waals surface area contributed by atoms with E-state index in [4.69, 9.17) is 9.47 Å². The molecule has 0 aliphatic carbocycles. The van der Waals surface area contributed by atoms with Gasteiger partial charge in [0, 0.05) is 13.2 Å². The maximum atomic E-state index is 5.40. The van der Waals surface area contributed by atoms with Gasteiger partial charge in [0.05, 0.1) is 13.2 Å². The summed E-state index contributed by atoms with van der Waals surface area (Å²) in [7, 11) is 0. The fourth-order valence-corrected chi connectivity index (χ4v) is 2.40. The van der Waals surface area contributed by atoms with Crippen molar-refractivity contribution in [3.05, 3.63) is 59.7 Å². The largest absolute Gasteiger partial charge is 0.381 e. The molecule has 2 aromatic rings. The van der Waals surface area contributed by atoms with Gasteiger partial charge in [0.25, 0.3) is 0 Å². The minimum absolute atomic E-state index is 0.785. The first-order valence-corrected chi connectivity index (χ1v) is 8.17. The predicted molar refractivity (Wildman–Crippen MR) is 92.3 cm³/mol. The zero-order valence-corrected chi connectivity index (χ0v) is 13.7. The Hall–Kier alpha value is -1.64. The van der Waals surface area contributed by atoms with E-state index in [1.54, 1.807) is 0 Å². The Kier molecular flexibility index (Phi) is 7.14. The smallest absolute Gasteiger partial charge is 0.0506 e. The molecule has 0 atom stereocenters. The molecule has 0 aliphatic heterocycles. The third kappa shape index (κ3) is 5.28. The second-order valence-electron chi connectivity index (χ2n) is 5.29. The number of hydrogen-bond acceptors (Lipinski definition) is 2. The molecule has 0 spiro atoms. The van der Waals surface area contributed by atoms with Crippen LogP contribution in [0.1, 0.15) is 25.0 Å². The molecule has 0 aromatic heterocycles. The van der Waals surface area contributed by atoms with Gasteiger partial charge in [0.15, 0.2) is 0 Å². The summed E-state index contributed by atoms with van der Waals surface area (Å²) in [5, 5.41) is 0. The molecule has 2 heteroatoms.